The highest BCUT2D eigenvalue weighted by Gasteiger charge is 2.21. The lowest BCUT2D eigenvalue weighted by molar-refractivity contribution is 0.0684. The first kappa shape index (κ1) is 18.9. The number of carboxylic acid groups (broad SMARTS) is 2. The normalized spacial score (nSPS) is 10.6. The van der Waals surface area contributed by atoms with E-state index in [9.17, 15) is 29.7 Å². The van der Waals surface area contributed by atoms with E-state index >= 15 is 0 Å². The van der Waals surface area contributed by atoms with Crippen LogP contribution in [0, 0.1) is 6.92 Å². The third-order valence-electron chi connectivity index (χ3n) is 3.68. The lowest BCUT2D eigenvalue weighted by atomic mass is 9.96. The average molecular weight is 383 g/mol. The van der Waals surface area contributed by atoms with Crippen LogP contribution < -0.4 is 0 Å². The number of hydrogen-bond acceptors (Lipinski definition) is 4. The van der Waals surface area contributed by atoms with Crippen LogP contribution in [0.1, 0.15) is 47.8 Å². The molecule has 0 fully saturated rings. The van der Waals surface area contributed by atoms with Crippen molar-refractivity contribution >= 4 is 40.9 Å². The Kier molecular flexibility index (Phi) is 5.47. The Morgan fingerprint density at radius 3 is 1.84 bits per heavy atom. The van der Waals surface area contributed by atoms with Gasteiger partial charge in [0.2, 0.25) is 0 Å². The number of aromatic carboxylic acids is 2. The summed E-state index contributed by atoms with van der Waals surface area (Å²) in [6.07, 6.45) is 0. The molecule has 8 heteroatoms. The van der Waals surface area contributed by atoms with Gasteiger partial charge in [0.15, 0.2) is 5.78 Å². The number of aliphatic hydroxyl groups excluding tert-OH is 1. The minimum absolute atomic E-state index is 0.0149. The maximum absolute atomic E-state index is 12.6. The van der Waals surface area contributed by atoms with Crippen LogP contribution in [-0.4, -0.2) is 33.0 Å². The standard InChI is InChI=1S/C17H12Cl2O6/c1-7-10(16(22)23)2-8(4-13(7)18)15(21)9-3-11(17(24)25)12(6-20)14(19)5-9/h2-5,20H,6H2,1H3,(H,22,23)(H,24,25). The zero-order chi connectivity index (χ0) is 18.9. The predicted molar refractivity (Wildman–Crippen MR) is 90.9 cm³/mol. The molecule has 2 rings (SSSR count). The third-order valence-corrected chi connectivity index (χ3v) is 4.41. The number of halogens is 2. The van der Waals surface area contributed by atoms with E-state index in [0.29, 0.717) is 5.56 Å². The molecule has 0 saturated carbocycles. The maximum atomic E-state index is 12.6. The molecular formula is C17H12Cl2O6. The van der Waals surface area contributed by atoms with Gasteiger partial charge < -0.3 is 15.3 Å². The van der Waals surface area contributed by atoms with Crippen LogP contribution in [0.15, 0.2) is 24.3 Å². The van der Waals surface area contributed by atoms with Crippen LogP contribution in [0.5, 0.6) is 0 Å². The molecule has 0 aromatic heterocycles. The van der Waals surface area contributed by atoms with Crippen molar-refractivity contribution < 1.29 is 29.7 Å². The molecule has 130 valence electrons. The Hall–Kier alpha value is -2.41. The second kappa shape index (κ2) is 7.23. The van der Waals surface area contributed by atoms with Gasteiger partial charge in [-0.1, -0.05) is 23.2 Å². The topological polar surface area (TPSA) is 112 Å². The zero-order valence-electron chi connectivity index (χ0n) is 12.8. The van der Waals surface area contributed by atoms with Crippen LogP contribution in [0.4, 0.5) is 0 Å². The van der Waals surface area contributed by atoms with Crippen molar-refractivity contribution in [3.8, 4) is 0 Å². The molecule has 0 amide bonds. The van der Waals surface area contributed by atoms with Crippen molar-refractivity contribution in [1.29, 1.82) is 0 Å². The first-order valence-electron chi connectivity index (χ1n) is 6.92. The van der Waals surface area contributed by atoms with E-state index in [1.54, 1.807) is 0 Å². The molecule has 2 aromatic carbocycles. The number of carboxylic acids is 2. The smallest absolute Gasteiger partial charge is 0.336 e. The average Bonchev–Trinajstić information content (AvgIpc) is 2.55. The highest BCUT2D eigenvalue weighted by Crippen LogP contribution is 2.27. The lowest BCUT2D eigenvalue weighted by Gasteiger charge is -2.11. The van der Waals surface area contributed by atoms with Gasteiger partial charge in [0.05, 0.1) is 17.7 Å². The van der Waals surface area contributed by atoms with Gasteiger partial charge in [-0.25, -0.2) is 9.59 Å². The summed E-state index contributed by atoms with van der Waals surface area (Å²) in [5, 5.41) is 27.7. The van der Waals surface area contributed by atoms with Gasteiger partial charge in [-0.3, -0.25) is 4.79 Å². The number of hydrogen-bond donors (Lipinski definition) is 3. The fourth-order valence-corrected chi connectivity index (χ4v) is 2.82. The second-order valence-corrected chi connectivity index (χ2v) is 6.03. The van der Waals surface area contributed by atoms with Gasteiger partial charge in [-0.15, -0.1) is 0 Å². The molecule has 0 heterocycles. The van der Waals surface area contributed by atoms with Crippen LogP contribution in [0.2, 0.25) is 10.0 Å². The zero-order valence-corrected chi connectivity index (χ0v) is 14.4. The van der Waals surface area contributed by atoms with Crippen LogP contribution in [-0.2, 0) is 6.61 Å². The van der Waals surface area contributed by atoms with Gasteiger partial charge in [0, 0.05) is 26.7 Å². The fraction of sp³-hybridized carbons (Fsp3) is 0.118. The minimum Gasteiger partial charge on any atom is -0.478 e. The van der Waals surface area contributed by atoms with Gasteiger partial charge in [-0.2, -0.15) is 0 Å². The number of benzene rings is 2. The highest BCUT2D eigenvalue weighted by atomic mass is 35.5. The molecule has 6 nitrogen and oxygen atoms in total. The van der Waals surface area contributed by atoms with E-state index in [2.05, 4.69) is 0 Å². The fourth-order valence-electron chi connectivity index (χ4n) is 2.32. The maximum Gasteiger partial charge on any atom is 0.336 e. The van der Waals surface area contributed by atoms with Crippen molar-refractivity contribution in [3.05, 3.63) is 67.7 Å². The third kappa shape index (κ3) is 3.66. The summed E-state index contributed by atoms with van der Waals surface area (Å²) >= 11 is 11.9. The summed E-state index contributed by atoms with van der Waals surface area (Å²) in [6, 6.07) is 4.77. The molecular weight excluding hydrogens is 371 g/mol. The summed E-state index contributed by atoms with van der Waals surface area (Å²) in [7, 11) is 0. The number of carbonyl (C=O) groups is 3. The molecule has 0 unspecified atom stereocenters. The molecule has 0 bridgehead atoms. The summed E-state index contributed by atoms with van der Waals surface area (Å²) in [6.45, 7) is 0.907. The van der Waals surface area contributed by atoms with Crippen molar-refractivity contribution in [2.45, 2.75) is 13.5 Å². The number of ketones is 1. The predicted octanol–water partition coefficient (Wildman–Crippen LogP) is 3.42. The van der Waals surface area contributed by atoms with Gasteiger partial charge in [-0.05, 0) is 36.8 Å². The minimum atomic E-state index is -1.35. The SMILES string of the molecule is Cc1c(Cl)cc(C(=O)c2cc(Cl)c(CO)c(C(=O)O)c2)cc1C(=O)O. The monoisotopic (exact) mass is 382 g/mol. The van der Waals surface area contributed by atoms with Gasteiger partial charge >= 0.3 is 11.9 Å². The van der Waals surface area contributed by atoms with Gasteiger partial charge in [0.25, 0.3) is 0 Å². The van der Waals surface area contributed by atoms with E-state index in [0.717, 1.165) is 6.07 Å². The van der Waals surface area contributed by atoms with Crippen LogP contribution >= 0.6 is 23.2 Å². The second-order valence-electron chi connectivity index (χ2n) is 5.21. The first-order valence-corrected chi connectivity index (χ1v) is 7.67. The Balaban J connectivity index is 2.63. The lowest BCUT2D eigenvalue weighted by Crippen LogP contribution is -2.10. The molecule has 0 aliphatic heterocycles. The van der Waals surface area contributed by atoms with Gasteiger partial charge in [0.1, 0.15) is 0 Å². The largest absolute Gasteiger partial charge is 0.478 e. The molecule has 0 radical (unpaired) electrons. The van der Waals surface area contributed by atoms with Crippen molar-refractivity contribution in [2.75, 3.05) is 0 Å². The molecule has 0 saturated heterocycles. The summed E-state index contributed by atoms with van der Waals surface area (Å²) in [4.78, 5) is 35.2. The van der Waals surface area contributed by atoms with E-state index < -0.39 is 24.3 Å². The van der Waals surface area contributed by atoms with Crippen LogP contribution in [0.3, 0.4) is 0 Å². The quantitative estimate of drug-likeness (QED) is 0.682. The summed E-state index contributed by atoms with van der Waals surface area (Å²) in [5.41, 5.74) is -0.222. The van der Waals surface area contributed by atoms with Crippen molar-refractivity contribution in [2.24, 2.45) is 0 Å². The molecule has 3 N–H and O–H groups in total. The number of aliphatic hydroxyl groups is 1. The summed E-state index contributed by atoms with van der Waals surface area (Å²) < 4.78 is 0. The first-order chi connectivity index (χ1) is 11.7. The molecule has 0 aliphatic rings. The number of carbonyl (C=O) groups excluding carboxylic acids is 1. The number of rotatable bonds is 5. The summed E-state index contributed by atoms with van der Waals surface area (Å²) in [5.74, 6) is -3.24. The molecule has 0 aliphatic carbocycles. The molecule has 2 aromatic rings. The van der Waals surface area contributed by atoms with Crippen molar-refractivity contribution in [3.63, 3.8) is 0 Å². The molecule has 25 heavy (non-hydrogen) atoms. The van der Waals surface area contributed by atoms with Crippen LogP contribution in [0.25, 0.3) is 0 Å². The highest BCUT2D eigenvalue weighted by molar-refractivity contribution is 6.33. The van der Waals surface area contributed by atoms with Crippen molar-refractivity contribution in [1.82, 2.24) is 0 Å². The van der Waals surface area contributed by atoms with E-state index in [4.69, 9.17) is 23.2 Å². The van der Waals surface area contributed by atoms with E-state index in [1.807, 2.05) is 0 Å². The molecule has 0 spiro atoms. The van der Waals surface area contributed by atoms with E-state index in [-0.39, 0.29) is 37.9 Å². The Morgan fingerprint density at radius 2 is 1.36 bits per heavy atom. The molecule has 0 atom stereocenters. The van der Waals surface area contributed by atoms with E-state index in [1.165, 1.54) is 25.1 Å². The Morgan fingerprint density at radius 1 is 0.880 bits per heavy atom. The Labute approximate surface area is 152 Å². The Bertz CT molecular complexity index is 904.